The molecule has 0 radical (unpaired) electrons. The molecule has 0 heterocycles. The largest absolute Gasteiger partial charge is 0.390 e. The molecule has 0 aliphatic carbocycles. The van der Waals surface area contributed by atoms with E-state index in [0.29, 0.717) is 5.71 Å². The van der Waals surface area contributed by atoms with Gasteiger partial charge in [0.25, 0.3) is 0 Å². The molecule has 0 aliphatic rings. The summed E-state index contributed by atoms with van der Waals surface area (Å²) in [5.74, 6) is 0.116. The van der Waals surface area contributed by atoms with Crippen molar-refractivity contribution in [2.24, 2.45) is 11.1 Å². The van der Waals surface area contributed by atoms with Crippen molar-refractivity contribution in [3.8, 4) is 0 Å². The molecule has 0 aromatic heterocycles. The first-order valence-electron chi connectivity index (χ1n) is 6.25. The monoisotopic (exact) mass is 261 g/mol. The Bertz CT molecular complexity index is 269. The van der Waals surface area contributed by atoms with Crippen LogP contribution in [0.3, 0.4) is 0 Å². The number of rotatable bonds is 6. The van der Waals surface area contributed by atoms with Crippen molar-refractivity contribution in [1.29, 1.82) is 0 Å². The number of aliphatic hydroxyl groups is 2. The number of aliphatic hydroxyl groups excluding tert-OH is 2. The molecular formula is C13H27NO4. The quantitative estimate of drug-likeness (QED) is 0.562. The van der Waals surface area contributed by atoms with Gasteiger partial charge >= 0.3 is 0 Å². The van der Waals surface area contributed by atoms with Crippen LogP contribution in [0.4, 0.5) is 0 Å². The molecule has 0 amide bonds. The molecule has 0 unspecified atom stereocenters. The second kappa shape index (κ2) is 7.07. The van der Waals surface area contributed by atoms with E-state index in [1.54, 1.807) is 7.11 Å². The number of oxime groups is 1. The van der Waals surface area contributed by atoms with Crippen molar-refractivity contribution in [3.63, 3.8) is 0 Å². The van der Waals surface area contributed by atoms with Crippen LogP contribution < -0.4 is 0 Å². The van der Waals surface area contributed by atoms with Crippen LogP contribution in [-0.2, 0) is 9.57 Å². The van der Waals surface area contributed by atoms with Gasteiger partial charge in [0.2, 0.25) is 0 Å². The summed E-state index contributed by atoms with van der Waals surface area (Å²) in [6, 6.07) is 0. The van der Waals surface area contributed by atoms with Crippen molar-refractivity contribution in [2.75, 3.05) is 7.11 Å². The van der Waals surface area contributed by atoms with E-state index in [1.807, 2.05) is 34.6 Å². The summed E-state index contributed by atoms with van der Waals surface area (Å²) in [6.07, 6.45) is -2.42. The molecule has 108 valence electrons. The maximum atomic E-state index is 9.99. The minimum atomic E-state index is -1.10. The van der Waals surface area contributed by atoms with E-state index in [1.165, 1.54) is 6.92 Å². The molecule has 0 fully saturated rings. The van der Waals surface area contributed by atoms with Crippen molar-refractivity contribution in [2.45, 2.75) is 65.5 Å². The van der Waals surface area contributed by atoms with E-state index in [9.17, 15) is 10.2 Å². The SMILES string of the molecule is CO[C@H](/C(=N/OC(C)(C)C)[C@@H](O)[C@@H](C)O)C(C)C. The summed E-state index contributed by atoms with van der Waals surface area (Å²) in [7, 11) is 1.55. The third-order valence-electron chi connectivity index (χ3n) is 2.34. The average Bonchev–Trinajstić information content (AvgIpc) is 2.20. The van der Waals surface area contributed by atoms with Crippen molar-refractivity contribution in [3.05, 3.63) is 0 Å². The molecule has 0 bridgehead atoms. The Hall–Kier alpha value is -0.650. The summed E-state index contributed by atoms with van der Waals surface area (Å²) >= 11 is 0. The van der Waals surface area contributed by atoms with Crippen LogP contribution in [0.5, 0.6) is 0 Å². The number of methoxy groups -OCH3 is 1. The Morgan fingerprint density at radius 3 is 1.89 bits per heavy atom. The summed E-state index contributed by atoms with van der Waals surface area (Å²) in [5.41, 5.74) is -0.142. The fraction of sp³-hybridized carbons (Fsp3) is 0.923. The highest BCUT2D eigenvalue weighted by molar-refractivity contribution is 5.92. The van der Waals surface area contributed by atoms with Gasteiger partial charge in [-0.25, -0.2) is 0 Å². The molecule has 0 aromatic carbocycles. The number of ether oxygens (including phenoxy) is 1. The number of nitrogens with zero attached hydrogens (tertiary/aromatic N) is 1. The summed E-state index contributed by atoms with van der Waals surface area (Å²) in [6.45, 7) is 11.0. The standard InChI is InChI=1S/C13H27NO4/c1-8(2)12(17-7)10(11(16)9(3)15)14-18-13(4,5)6/h8-9,11-12,15-16H,1-7H3/b14-10+/t9-,11+,12+/m1/s1. The summed E-state index contributed by atoms with van der Waals surface area (Å²) < 4.78 is 5.33. The van der Waals surface area contributed by atoms with Crippen LogP contribution in [0, 0.1) is 5.92 Å². The van der Waals surface area contributed by atoms with Gasteiger partial charge in [-0.05, 0) is 33.6 Å². The molecule has 0 spiro atoms. The van der Waals surface area contributed by atoms with Crippen LogP contribution in [0.2, 0.25) is 0 Å². The second-order valence-corrected chi connectivity index (χ2v) is 5.81. The topological polar surface area (TPSA) is 71.3 Å². The van der Waals surface area contributed by atoms with Crippen LogP contribution >= 0.6 is 0 Å². The molecule has 0 aromatic rings. The molecule has 0 saturated heterocycles. The normalized spacial score (nSPS) is 18.7. The molecule has 0 rings (SSSR count). The van der Waals surface area contributed by atoms with Crippen LogP contribution in [0.25, 0.3) is 0 Å². The van der Waals surface area contributed by atoms with Gasteiger partial charge in [0.1, 0.15) is 23.5 Å². The minimum absolute atomic E-state index is 0.116. The average molecular weight is 261 g/mol. The minimum Gasteiger partial charge on any atom is -0.390 e. The Morgan fingerprint density at radius 2 is 1.61 bits per heavy atom. The first-order valence-corrected chi connectivity index (χ1v) is 6.25. The molecule has 0 aliphatic heterocycles. The fourth-order valence-electron chi connectivity index (χ4n) is 1.45. The van der Waals surface area contributed by atoms with E-state index >= 15 is 0 Å². The molecule has 2 N–H and O–H groups in total. The van der Waals surface area contributed by atoms with E-state index in [2.05, 4.69) is 5.16 Å². The van der Waals surface area contributed by atoms with Gasteiger partial charge in [-0.15, -0.1) is 0 Å². The number of hydrogen-bond donors (Lipinski definition) is 2. The molecule has 18 heavy (non-hydrogen) atoms. The van der Waals surface area contributed by atoms with Gasteiger partial charge in [-0.1, -0.05) is 19.0 Å². The van der Waals surface area contributed by atoms with Gasteiger partial charge in [-0.3, -0.25) is 0 Å². The first kappa shape index (κ1) is 17.4. The van der Waals surface area contributed by atoms with Crippen LogP contribution in [0.1, 0.15) is 41.5 Å². The van der Waals surface area contributed by atoms with Crippen LogP contribution in [0.15, 0.2) is 5.16 Å². The smallest absolute Gasteiger partial charge is 0.129 e. The van der Waals surface area contributed by atoms with E-state index in [4.69, 9.17) is 9.57 Å². The van der Waals surface area contributed by atoms with Crippen LogP contribution in [-0.4, -0.2) is 46.9 Å². The lowest BCUT2D eigenvalue weighted by molar-refractivity contribution is -0.0104. The lowest BCUT2D eigenvalue weighted by Crippen LogP contribution is -2.43. The van der Waals surface area contributed by atoms with Gasteiger partial charge in [-0.2, -0.15) is 0 Å². The van der Waals surface area contributed by atoms with Crippen molar-refractivity contribution in [1.82, 2.24) is 0 Å². The molecule has 0 saturated carbocycles. The highest BCUT2D eigenvalue weighted by Crippen LogP contribution is 2.15. The maximum absolute atomic E-state index is 9.99. The zero-order valence-corrected chi connectivity index (χ0v) is 12.5. The molecular weight excluding hydrogens is 234 g/mol. The third kappa shape index (κ3) is 5.80. The third-order valence-corrected chi connectivity index (χ3v) is 2.34. The van der Waals surface area contributed by atoms with Gasteiger partial charge in [0, 0.05) is 7.11 Å². The van der Waals surface area contributed by atoms with Gasteiger partial charge in [0.15, 0.2) is 0 Å². The van der Waals surface area contributed by atoms with Gasteiger partial charge < -0.3 is 19.8 Å². The Balaban J connectivity index is 5.16. The predicted octanol–water partition coefficient (Wildman–Crippen LogP) is 1.57. The second-order valence-electron chi connectivity index (χ2n) is 5.81. The zero-order valence-electron chi connectivity index (χ0n) is 12.5. The Labute approximate surface area is 110 Å². The highest BCUT2D eigenvalue weighted by atomic mass is 16.6. The predicted molar refractivity (Wildman–Crippen MR) is 71.6 cm³/mol. The molecule has 5 heteroatoms. The van der Waals surface area contributed by atoms with E-state index in [0.717, 1.165) is 0 Å². The number of hydrogen-bond acceptors (Lipinski definition) is 5. The Morgan fingerprint density at radius 1 is 1.11 bits per heavy atom. The summed E-state index contributed by atoms with van der Waals surface area (Å²) in [5, 5.41) is 23.5. The highest BCUT2D eigenvalue weighted by Gasteiger charge is 2.30. The first-order chi connectivity index (χ1) is 8.10. The lowest BCUT2D eigenvalue weighted by atomic mass is 9.96. The van der Waals surface area contributed by atoms with Crippen molar-refractivity contribution < 1.29 is 19.8 Å². The zero-order chi connectivity index (χ0) is 14.5. The lowest BCUT2D eigenvalue weighted by Gasteiger charge is -2.27. The molecule has 3 atom stereocenters. The van der Waals surface area contributed by atoms with Gasteiger partial charge in [0.05, 0.1) is 6.10 Å². The fourth-order valence-corrected chi connectivity index (χ4v) is 1.45. The van der Waals surface area contributed by atoms with E-state index in [-0.39, 0.29) is 5.92 Å². The maximum Gasteiger partial charge on any atom is 0.129 e. The Kier molecular flexibility index (Phi) is 6.81. The molecule has 5 nitrogen and oxygen atoms in total. The van der Waals surface area contributed by atoms with E-state index < -0.39 is 23.9 Å². The summed E-state index contributed by atoms with van der Waals surface area (Å²) in [4.78, 5) is 5.33. The van der Waals surface area contributed by atoms with Crippen molar-refractivity contribution >= 4 is 5.71 Å².